The highest BCUT2D eigenvalue weighted by Crippen LogP contribution is 2.27. The fourth-order valence-electron chi connectivity index (χ4n) is 2.46. The lowest BCUT2D eigenvalue weighted by atomic mass is 10.2. The third kappa shape index (κ3) is 3.07. The molecule has 1 saturated heterocycles. The molecule has 1 aliphatic rings. The number of aryl methyl sites for hydroxylation is 2. The van der Waals surface area contributed by atoms with Crippen LogP contribution in [0.5, 0.6) is 0 Å². The first-order valence-electron chi connectivity index (χ1n) is 6.74. The van der Waals surface area contributed by atoms with Crippen LogP contribution in [0.25, 0.3) is 0 Å². The number of aromatic nitrogens is 2. The fourth-order valence-corrected chi connectivity index (χ4v) is 2.46. The van der Waals surface area contributed by atoms with Crippen LogP contribution in [0.1, 0.15) is 12.6 Å². The Kier molecular flexibility index (Phi) is 4.56. The van der Waals surface area contributed by atoms with Gasteiger partial charge in [0.05, 0.1) is 18.1 Å². The van der Waals surface area contributed by atoms with Gasteiger partial charge in [-0.25, -0.2) is 4.68 Å². The SMILES string of the molecule is Cc1nn(C)c(NC[C@@H](C)N2CCOCC2)c1[N+](=O)[O-]. The van der Waals surface area contributed by atoms with Gasteiger partial charge in [-0.2, -0.15) is 5.10 Å². The van der Waals surface area contributed by atoms with E-state index in [1.54, 1.807) is 14.0 Å². The quantitative estimate of drug-likeness (QED) is 0.634. The first-order chi connectivity index (χ1) is 9.50. The highest BCUT2D eigenvalue weighted by Gasteiger charge is 2.25. The van der Waals surface area contributed by atoms with Gasteiger partial charge in [0.2, 0.25) is 5.82 Å². The van der Waals surface area contributed by atoms with Gasteiger partial charge in [0.15, 0.2) is 0 Å². The number of hydrogen-bond acceptors (Lipinski definition) is 6. The van der Waals surface area contributed by atoms with Crippen LogP contribution in [0, 0.1) is 17.0 Å². The van der Waals surface area contributed by atoms with Crippen LogP contribution in [0.4, 0.5) is 11.5 Å². The minimum atomic E-state index is -0.385. The molecule has 2 heterocycles. The number of ether oxygens (including phenoxy) is 1. The van der Waals surface area contributed by atoms with E-state index in [4.69, 9.17) is 4.74 Å². The number of nitrogens with zero attached hydrogens (tertiary/aromatic N) is 4. The van der Waals surface area contributed by atoms with Gasteiger partial charge in [0, 0.05) is 32.7 Å². The van der Waals surface area contributed by atoms with Crippen molar-refractivity contribution >= 4 is 11.5 Å². The predicted octanol–water partition coefficient (Wildman–Crippen LogP) is 0.769. The molecular formula is C12H21N5O3. The van der Waals surface area contributed by atoms with Crippen molar-refractivity contribution in [3.8, 4) is 0 Å². The lowest BCUT2D eigenvalue weighted by Gasteiger charge is -2.32. The average molecular weight is 283 g/mol. The van der Waals surface area contributed by atoms with E-state index < -0.39 is 0 Å². The lowest BCUT2D eigenvalue weighted by molar-refractivity contribution is -0.384. The highest BCUT2D eigenvalue weighted by molar-refractivity contribution is 5.59. The number of morpholine rings is 1. The van der Waals surface area contributed by atoms with Crippen molar-refractivity contribution < 1.29 is 9.66 Å². The van der Waals surface area contributed by atoms with Crippen LogP contribution >= 0.6 is 0 Å². The van der Waals surface area contributed by atoms with E-state index in [1.807, 2.05) is 0 Å². The van der Waals surface area contributed by atoms with E-state index in [9.17, 15) is 10.1 Å². The molecule has 0 saturated carbocycles. The largest absolute Gasteiger partial charge is 0.379 e. The molecule has 20 heavy (non-hydrogen) atoms. The molecule has 0 aromatic carbocycles. The summed E-state index contributed by atoms with van der Waals surface area (Å²) in [6.07, 6.45) is 0. The molecule has 1 aromatic rings. The number of hydrogen-bond donors (Lipinski definition) is 1. The first kappa shape index (κ1) is 14.7. The minimum Gasteiger partial charge on any atom is -0.379 e. The van der Waals surface area contributed by atoms with E-state index in [2.05, 4.69) is 22.2 Å². The van der Waals surface area contributed by atoms with E-state index in [-0.39, 0.29) is 16.7 Å². The summed E-state index contributed by atoms with van der Waals surface area (Å²) in [5, 5.41) is 18.3. The van der Waals surface area contributed by atoms with Crippen molar-refractivity contribution in [1.82, 2.24) is 14.7 Å². The molecule has 112 valence electrons. The van der Waals surface area contributed by atoms with Gasteiger partial charge in [0.25, 0.3) is 0 Å². The summed E-state index contributed by atoms with van der Waals surface area (Å²) >= 11 is 0. The maximum atomic E-state index is 11.1. The van der Waals surface area contributed by atoms with E-state index >= 15 is 0 Å². The number of nitrogens with one attached hydrogen (secondary N) is 1. The molecule has 1 fully saturated rings. The van der Waals surface area contributed by atoms with Crippen molar-refractivity contribution in [2.24, 2.45) is 7.05 Å². The number of anilines is 1. The molecule has 0 spiro atoms. The normalized spacial score (nSPS) is 17.9. The Morgan fingerprint density at radius 2 is 2.15 bits per heavy atom. The summed E-state index contributed by atoms with van der Waals surface area (Å²) < 4.78 is 6.85. The molecule has 8 nitrogen and oxygen atoms in total. The van der Waals surface area contributed by atoms with Crippen LogP contribution < -0.4 is 5.32 Å². The molecule has 0 amide bonds. The van der Waals surface area contributed by atoms with E-state index in [0.29, 0.717) is 18.1 Å². The summed E-state index contributed by atoms with van der Waals surface area (Å²) in [6.45, 7) is 7.68. The molecule has 0 aliphatic carbocycles. The molecule has 0 bridgehead atoms. The number of nitro groups is 1. The zero-order valence-electron chi connectivity index (χ0n) is 12.1. The van der Waals surface area contributed by atoms with Crippen molar-refractivity contribution in [3.05, 3.63) is 15.8 Å². The topological polar surface area (TPSA) is 85.5 Å². The maximum Gasteiger partial charge on any atom is 0.333 e. The Hall–Kier alpha value is -1.67. The Bertz CT molecular complexity index is 482. The van der Waals surface area contributed by atoms with Crippen molar-refractivity contribution in [2.45, 2.75) is 19.9 Å². The van der Waals surface area contributed by atoms with Gasteiger partial charge >= 0.3 is 5.69 Å². The van der Waals surface area contributed by atoms with Crippen molar-refractivity contribution in [2.75, 3.05) is 38.2 Å². The Morgan fingerprint density at radius 1 is 1.50 bits per heavy atom. The zero-order chi connectivity index (χ0) is 14.7. The van der Waals surface area contributed by atoms with Crippen LogP contribution in [-0.2, 0) is 11.8 Å². The Balaban J connectivity index is 2.01. The molecule has 0 unspecified atom stereocenters. The third-order valence-electron chi connectivity index (χ3n) is 3.61. The summed E-state index contributed by atoms with van der Waals surface area (Å²) in [5.41, 5.74) is 0.487. The van der Waals surface area contributed by atoms with Gasteiger partial charge < -0.3 is 10.1 Å². The molecule has 1 atom stereocenters. The smallest absolute Gasteiger partial charge is 0.333 e. The second-order valence-electron chi connectivity index (χ2n) is 5.04. The van der Waals surface area contributed by atoms with Gasteiger partial charge in [0.1, 0.15) is 5.69 Å². The van der Waals surface area contributed by atoms with Gasteiger partial charge in [-0.3, -0.25) is 15.0 Å². The minimum absolute atomic E-state index is 0.0571. The molecule has 2 rings (SSSR count). The van der Waals surface area contributed by atoms with Crippen LogP contribution in [0.15, 0.2) is 0 Å². The molecule has 8 heteroatoms. The fraction of sp³-hybridized carbons (Fsp3) is 0.750. The summed E-state index contributed by atoms with van der Waals surface area (Å²) in [6, 6.07) is 0.286. The summed E-state index contributed by atoms with van der Waals surface area (Å²) in [7, 11) is 1.71. The van der Waals surface area contributed by atoms with Crippen LogP contribution in [0.2, 0.25) is 0 Å². The van der Waals surface area contributed by atoms with Crippen LogP contribution in [-0.4, -0.2) is 58.5 Å². The summed E-state index contributed by atoms with van der Waals surface area (Å²) in [4.78, 5) is 13.0. The van der Waals surface area contributed by atoms with Gasteiger partial charge in [-0.05, 0) is 13.8 Å². The zero-order valence-corrected chi connectivity index (χ0v) is 12.1. The second kappa shape index (κ2) is 6.19. The molecular weight excluding hydrogens is 262 g/mol. The Morgan fingerprint density at radius 3 is 2.75 bits per heavy atom. The van der Waals surface area contributed by atoms with E-state index in [1.165, 1.54) is 4.68 Å². The first-order valence-corrected chi connectivity index (χ1v) is 6.74. The van der Waals surface area contributed by atoms with Crippen molar-refractivity contribution in [1.29, 1.82) is 0 Å². The standard InChI is InChI=1S/C12H21N5O3/c1-9(16-4-6-20-7-5-16)8-13-12-11(17(18)19)10(2)14-15(12)3/h9,13H,4-8H2,1-3H3/t9-/m1/s1. The monoisotopic (exact) mass is 283 g/mol. The third-order valence-corrected chi connectivity index (χ3v) is 3.61. The average Bonchev–Trinajstić information content (AvgIpc) is 2.71. The Labute approximate surface area is 117 Å². The maximum absolute atomic E-state index is 11.1. The van der Waals surface area contributed by atoms with Gasteiger partial charge in [-0.15, -0.1) is 0 Å². The number of rotatable bonds is 5. The van der Waals surface area contributed by atoms with Gasteiger partial charge in [-0.1, -0.05) is 0 Å². The highest BCUT2D eigenvalue weighted by atomic mass is 16.6. The molecule has 1 aromatic heterocycles. The molecule has 1 aliphatic heterocycles. The second-order valence-corrected chi connectivity index (χ2v) is 5.04. The predicted molar refractivity (Wildman–Crippen MR) is 74.9 cm³/mol. The lowest BCUT2D eigenvalue weighted by Crippen LogP contribution is -2.45. The van der Waals surface area contributed by atoms with E-state index in [0.717, 1.165) is 26.3 Å². The molecule has 1 N–H and O–H groups in total. The van der Waals surface area contributed by atoms with Crippen LogP contribution in [0.3, 0.4) is 0 Å². The van der Waals surface area contributed by atoms with Crippen molar-refractivity contribution in [3.63, 3.8) is 0 Å². The molecule has 0 radical (unpaired) electrons. The summed E-state index contributed by atoms with van der Waals surface area (Å²) in [5.74, 6) is 0.465.